The molecule has 2 N–H and O–H groups in total. The number of aliphatic carboxylic acids is 1. The molecule has 150 valence electrons. The lowest BCUT2D eigenvalue weighted by Crippen LogP contribution is -2.21. The maximum Gasteiger partial charge on any atom is 0.329 e. The highest BCUT2D eigenvalue weighted by molar-refractivity contribution is 5.82. The Labute approximate surface area is 169 Å². The van der Waals surface area contributed by atoms with Gasteiger partial charge in [0.1, 0.15) is 6.61 Å². The largest absolute Gasteiger partial charge is 0.480 e. The minimum absolute atomic E-state index is 0.167. The van der Waals surface area contributed by atoms with E-state index in [1.54, 1.807) is 12.5 Å². The average Bonchev–Trinajstić information content (AvgIpc) is 3.28. The Morgan fingerprint density at radius 2 is 1.76 bits per heavy atom. The van der Waals surface area contributed by atoms with E-state index in [-0.39, 0.29) is 19.8 Å². The molecule has 0 atom stereocenters. The number of imidazole rings is 1. The van der Waals surface area contributed by atoms with Crippen LogP contribution in [-0.2, 0) is 20.8 Å². The molecule has 0 aliphatic heterocycles. The summed E-state index contributed by atoms with van der Waals surface area (Å²) in [6, 6.07) is 20.0. The highest BCUT2D eigenvalue weighted by Gasteiger charge is 2.13. The summed E-state index contributed by atoms with van der Waals surface area (Å²) in [5.41, 5.74) is 6.90. The summed E-state index contributed by atoms with van der Waals surface area (Å²) < 4.78 is 6.97. The predicted molar refractivity (Wildman–Crippen MR) is 109 cm³/mol. The number of hydroxylamine groups is 1. The SMILES string of the molecule is O=C(O)COCCONC(=C(Cc1ccccc1)n1ccnc1)c1ccccc1. The van der Waals surface area contributed by atoms with E-state index in [0.29, 0.717) is 6.42 Å². The second-order valence-electron chi connectivity index (χ2n) is 6.22. The summed E-state index contributed by atoms with van der Waals surface area (Å²) in [6.45, 7) is 0.0195. The van der Waals surface area contributed by atoms with E-state index in [4.69, 9.17) is 14.7 Å². The Morgan fingerprint density at radius 1 is 1.03 bits per heavy atom. The van der Waals surface area contributed by atoms with Crippen molar-refractivity contribution in [2.75, 3.05) is 19.8 Å². The lowest BCUT2D eigenvalue weighted by molar-refractivity contribution is -0.142. The van der Waals surface area contributed by atoms with Crippen molar-refractivity contribution in [1.29, 1.82) is 0 Å². The third kappa shape index (κ3) is 6.31. The lowest BCUT2D eigenvalue weighted by atomic mass is 10.0. The van der Waals surface area contributed by atoms with Crippen LogP contribution in [0.5, 0.6) is 0 Å². The second kappa shape index (κ2) is 10.8. The van der Waals surface area contributed by atoms with Crippen molar-refractivity contribution in [3.63, 3.8) is 0 Å². The zero-order valence-electron chi connectivity index (χ0n) is 15.9. The first-order valence-corrected chi connectivity index (χ1v) is 9.22. The van der Waals surface area contributed by atoms with Gasteiger partial charge in [-0.3, -0.25) is 10.3 Å². The first-order valence-electron chi connectivity index (χ1n) is 9.22. The van der Waals surface area contributed by atoms with Gasteiger partial charge in [0.25, 0.3) is 0 Å². The summed E-state index contributed by atoms with van der Waals surface area (Å²) in [6.07, 6.45) is 6.03. The van der Waals surface area contributed by atoms with Gasteiger partial charge < -0.3 is 14.4 Å². The normalized spacial score (nSPS) is 11.7. The number of ether oxygens (including phenoxy) is 1. The van der Waals surface area contributed by atoms with Crippen molar-refractivity contribution in [3.8, 4) is 0 Å². The van der Waals surface area contributed by atoms with E-state index in [1.165, 1.54) is 0 Å². The van der Waals surface area contributed by atoms with Crippen LogP contribution in [-0.4, -0.2) is 40.4 Å². The Bertz CT molecular complexity index is 910. The monoisotopic (exact) mass is 393 g/mol. The zero-order chi connectivity index (χ0) is 20.3. The standard InChI is InChI=1S/C22H23N3O4/c26-21(27)16-28-13-14-29-24-22(19-9-5-2-6-10-19)20(25-12-11-23-17-25)15-18-7-3-1-4-8-18/h1-12,17,24H,13-16H2,(H,26,27). The van der Waals surface area contributed by atoms with Crippen LogP contribution < -0.4 is 5.48 Å². The number of carbonyl (C=O) groups is 1. The Hall–Kier alpha value is -3.42. The van der Waals surface area contributed by atoms with Crippen LogP contribution in [0.1, 0.15) is 11.1 Å². The molecule has 0 amide bonds. The molecule has 3 aromatic rings. The van der Waals surface area contributed by atoms with Gasteiger partial charge in [-0.25, -0.2) is 9.78 Å². The van der Waals surface area contributed by atoms with Gasteiger partial charge in [0.05, 0.1) is 30.9 Å². The molecule has 2 aromatic carbocycles. The third-order valence-electron chi connectivity index (χ3n) is 4.11. The molecule has 7 heteroatoms. The molecule has 0 saturated carbocycles. The molecule has 0 radical (unpaired) electrons. The molecular formula is C22H23N3O4. The number of carboxylic acids is 1. The van der Waals surface area contributed by atoms with Crippen LogP contribution in [0, 0.1) is 0 Å². The Kier molecular flexibility index (Phi) is 7.56. The first kappa shape index (κ1) is 20.3. The van der Waals surface area contributed by atoms with Crippen LogP contribution >= 0.6 is 0 Å². The number of hydrogen-bond donors (Lipinski definition) is 2. The highest BCUT2D eigenvalue weighted by Crippen LogP contribution is 2.23. The molecule has 0 bridgehead atoms. The fourth-order valence-corrected chi connectivity index (χ4v) is 2.79. The average molecular weight is 393 g/mol. The van der Waals surface area contributed by atoms with E-state index in [9.17, 15) is 4.79 Å². The molecular weight excluding hydrogens is 370 g/mol. The van der Waals surface area contributed by atoms with Crippen LogP contribution in [0.4, 0.5) is 0 Å². The lowest BCUT2D eigenvalue weighted by Gasteiger charge is -2.18. The van der Waals surface area contributed by atoms with Gasteiger partial charge in [-0.05, 0) is 5.56 Å². The highest BCUT2D eigenvalue weighted by atomic mass is 16.7. The first-order chi connectivity index (χ1) is 14.2. The maximum atomic E-state index is 10.5. The molecule has 0 saturated heterocycles. The molecule has 7 nitrogen and oxygen atoms in total. The number of allylic oxidation sites excluding steroid dienone is 1. The Balaban J connectivity index is 1.85. The van der Waals surface area contributed by atoms with Crippen LogP contribution in [0.3, 0.4) is 0 Å². The van der Waals surface area contributed by atoms with Gasteiger partial charge in [-0.2, -0.15) is 0 Å². The number of carboxylic acid groups (broad SMARTS) is 1. The number of nitrogens with zero attached hydrogens (tertiary/aromatic N) is 2. The third-order valence-corrected chi connectivity index (χ3v) is 4.11. The molecule has 0 spiro atoms. The van der Waals surface area contributed by atoms with Gasteiger partial charge in [-0.15, -0.1) is 0 Å². The van der Waals surface area contributed by atoms with Crippen molar-refractivity contribution in [2.45, 2.75) is 6.42 Å². The van der Waals surface area contributed by atoms with Gasteiger partial charge >= 0.3 is 5.97 Å². The number of nitrogens with one attached hydrogen (secondary N) is 1. The van der Waals surface area contributed by atoms with Crippen molar-refractivity contribution in [2.24, 2.45) is 0 Å². The topological polar surface area (TPSA) is 85.6 Å². The van der Waals surface area contributed by atoms with E-state index < -0.39 is 5.97 Å². The second-order valence-corrected chi connectivity index (χ2v) is 6.22. The van der Waals surface area contributed by atoms with Gasteiger partial charge in [0.2, 0.25) is 0 Å². The molecule has 3 rings (SSSR count). The van der Waals surface area contributed by atoms with Crippen molar-refractivity contribution >= 4 is 17.4 Å². The molecule has 1 aromatic heterocycles. The quantitative estimate of drug-likeness (QED) is 0.385. The van der Waals surface area contributed by atoms with E-state index in [1.807, 2.05) is 59.3 Å². The molecule has 0 fully saturated rings. The summed E-state index contributed by atoms with van der Waals surface area (Å²) in [5.74, 6) is -1.01. The predicted octanol–water partition coefficient (Wildman–Crippen LogP) is 3.07. The summed E-state index contributed by atoms with van der Waals surface area (Å²) in [4.78, 5) is 20.3. The minimum atomic E-state index is -1.01. The van der Waals surface area contributed by atoms with Crippen LogP contribution in [0.2, 0.25) is 0 Å². The van der Waals surface area contributed by atoms with Crippen LogP contribution in [0.15, 0.2) is 79.4 Å². The van der Waals surface area contributed by atoms with Crippen LogP contribution in [0.25, 0.3) is 11.4 Å². The van der Waals surface area contributed by atoms with Crippen molar-refractivity contribution in [1.82, 2.24) is 15.0 Å². The molecule has 0 unspecified atom stereocenters. The Morgan fingerprint density at radius 3 is 2.41 bits per heavy atom. The van der Waals surface area contributed by atoms with E-state index in [2.05, 4.69) is 22.6 Å². The molecule has 29 heavy (non-hydrogen) atoms. The van der Waals surface area contributed by atoms with Crippen molar-refractivity contribution < 1.29 is 19.5 Å². The molecule has 1 heterocycles. The fraction of sp³-hybridized carbons (Fsp3) is 0.182. The van der Waals surface area contributed by atoms with E-state index >= 15 is 0 Å². The summed E-state index contributed by atoms with van der Waals surface area (Å²) >= 11 is 0. The number of rotatable bonds is 11. The number of aromatic nitrogens is 2. The zero-order valence-corrected chi connectivity index (χ0v) is 15.9. The summed E-state index contributed by atoms with van der Waals surface area (Å²) in [7, 11) is 0. The summed E-state index contributed by atoms with van der Waals surface area (Å²) in [5, 5.41) is 8.63. The number of hydrogen-bond acceptors (Lipinski definition) is 5. The van der Waals surface area contributed by atoms with Gasteiger partial charge in [0, 0.05) is 24.4 Å². The minimum Gasteiger partial charge on any atom is -0.480 e. The van der Waals surface area contributed by atoms with Gasteiger partial charge in [-0.1, -0.05) is 60.7 Å². The van der Waals surface area contributed by atoms with Gasteiger partial charge in [0.15, 0.2) is 0 Å². The van der Waals surface area contributed by atoms with E-state index in [0.717, 1.165) is 22.5 Å². The molecule has 0 aliphatic carbocycles. The smallest absolute Gasteiger partial charge is 0.329 e. The number of benzene rings is 2. The fourth-order valence-electron chi connectivity index (χ4n) is 2.79. The van der Waals surface area contributed by atoms with Crippen molar-refractivity contribution in [3.05, 3.63) is 90.5 Å². The molecule has 0 aliphatic rings. The maximum absolute atomic E-state index is 10.5.